The highest BCUT2D eigenvalue weighted by Crippen LogP contribution is 2.33. The molecule has 30 heavy (non-hydrogen) atoms. The van der Waals surface area contributed by atoms with E-state index in [0.29, 0.717) is 11.4 Å². The third-order valence-electron chi connectivity index (χ3n) is 4.41. The molecule has 0 radical (unpaired) electrons. The molecule has 1 saturated heterocycles. The molecule has 2 N–H and O–H groups in total. The maximum absolute atomic E-state index is 12.7. The zero-order valence-electron chi connectivity index (χ0n) is 18.3. The van der Waals surface area contributed by atoms with Crippen LogP contribution in [-0.2, 0) is 9.47 Å². The largest absolute Gasteiger partial charge is 0.479 e. The van der Waals surface area contributed by atoms with Crippen LogP contribution in [-0.4, -0.2) is 53.6 Å². The van der Waals surface area contributed by atoms with Gasteiger partial charge in [-0.2, -0.15) is 5.26 Å². The van der Waals surface area contributed by atoms with E-state index in [9.17, 15) is 9.59 Å². The fourth-order valence-corrected chi connectivity index (χ4v) is 3.25. The normalized spacial score (nSPS) is 20.2. The van der Waals surface area contributed by atoms with Crippen molar-refractivity contribution in [3.8, 4) is 11.8 Å². The van der Waals surface area contributed by atoms with Crippen molar-refractivity contribution in [1.29, 1.82) is 5.26 Å². The standard InChI is InChI=1S/C21H30N4O5/c1-14-17(25(21(5,6)29-14)19(27)30-20(2,3)4)13-23-18(26)24-15-7-9-16(10-8-15)28-12-11-22/h7-10,14,17H,12-13H2,1-6H3,(H2,23,24,26)/t14-,17-/m1/s1. The quantitative estimate of drug-likeness (QED) is 0.757. The van der Waals surface area contributed by atoms with Crippen molar-refractivity contribution in [1.82, 2.24) is 10.2 Å². The molecule has 3 amide bonds. The second-order valence-electron chi connectivity index (χ2n) is 8.49. The molecule has 0 aromatic heterocycles. The number of rotatable bonds is 5. The first-order valence-corrected chi connectivity index (χ1v) is 9.78. The van der Waals surface area contributed by atoms with E-state index in [0.717, 1.165) is 0 Å². The number of nitrogens with one attached hydrogen (secondary N) is 2. The second kappa shape index (κ2) is 9.22. The van der Waals surface area contributed by atoms with E-state index in [4.69, 9.17) is 19.5 Å². The summed E-state index contributed by atoms with van der Waals surface area (Å²) in [6.07, 6.45) is -0.776. The Bertz CT molecular complexity index is 795. The molecule has 1 aromatic carbocycles. The van der Waals surface area contributed by atoms with Crippen molar-refractivity contribution in [3.05, 3.63) is 24.3 Å². The van der Waals surface area contributed by atoms with Gasteiger partial charge in [-0.15, -0.1) is 0 Å². The number of urea groups is 1. The van der Waals surface area contributed by atoms with Gasteiger partial charge in [-0.05, 0) is 65.8 Å². The van der Waals surface area contributed by atoms with Gasteiger partial charge >= 0.3 is 12.1 Å². The Labute approximate surface area is 177 Å². The highest BCUT2D eigenvalue weighted by atomic mass is 16.6. The number of nitriles is 1. The maximum Gasteiger partial charge on any atom is 0.412 e. The summed E-state index contributed by atoms with van der Waals surface area (Å²) in [7, 11) is 0. The maximum atomic E-state index is 12.7. The van der Waals surface area contributed by atoms with Gasteiger partial charge in [0.05, 0.1) is 12.1 Å². The van der Waals surface area contributed by atoms with E-state index >= 15 is 0 Å². The van der Waals surface area contributed by atoms with Gasteiger partial charge in [0.1, 0.15) is 23.1 Å². The second-order valence-corrected chi connectivity index (χ2v) is 8.49. The highest BCUT2D eigenvalue weighted by molar-refractivity contribution is 5.89. The number of hydrogen-bond donors (Lipinski definition) is 2. The van der Waals surface area contributed by atoms with Crippen LogP contribution in [0.2, 0.25) is 0 Å². The molecule has 0 aliphatic carbocycles. The third-order valence-corrected chi connectivity index (χ3v) is 4.41. The monoisotopic (exact) mass is 418 g/mol. The van der Waals surface area contributed by atoms with Crippen molar-refractivity contribution in [3.63, 3.8) is 0 Å². The van der Waals surface area contributed by atoms with E-state index in [1.54, 1.807) is 58.9 Å². The molecule has 0 saturated carbocycles. The van der Waals surface area contributed by atoms with Crippen molar-refractivity contribution in [2.24, 2.45) is 0 Å². The lowest BCUT2D eigenvalue weighted by Crippen LogP contribution is -2.53. The number of nitrogens with zero attached hydrogens (tertiary/aromatic N) is 2. The Balaban J connectivity index is 1.97. The molecule has 1 aromatic rings. The molecule has 2 atom stereocenters. The summed E-state index contributed by atoms with van der Waals surface area (Å²) in [4.78, 5) is 26.6. The Kier molecular flexibility index (Phi) is 7.16. The first-order chi connectivity index (χ1) is 13.9. The Hall–Kier alpha value is -2.99. The number of benzene rings is 1. The van der Waals surface area contributed by atoms with E-state index in [1.165, 1.54) is 4.90 Å². The van der Waals surface area contributed by atoms with Gasteiger partial charge in [-0.25, -0.2) is 9.59 Å². The van der Waals surface area contributed by atoms with Crippen LogP contribution in [0.25, 0.3) is 0 Å². The Morgan fingerprint density at radius 3 is 2.47 bits per heavy atom. The van der Waals surface area contributed by atoms with Gasteiger partial charge < -0.3 is 24.8 Å². The SMILES string of the molecule is C[C@H]1OC(C)(C)N(C(=O)OC(C)(C)C)[C@@H]1CNC(=O)Nc1ccc(OCC#N)cc1. The van der Waals surface area contributed by atoms with Crippen LogP contribution in [0.1, 0.15) is 41.5 Å². The summed E-state index contributed by atoms with van der Waals surface area (Å²) in [6, 6.07) is 7.75. The van der Waals surface area contributed by atoms with E-state index in [2.05, 4.69) is 10.6 Å². The van der Waals surface area contributed by atoms with Gasteiger partial charge in [0.15, 0.2) is 6.61 Å². The Morgan fingerprint density at radius 2 is 1.90 bits per heavy atom. The zero-order chi connectivity index (χ0) is 22.5. The lowest BCUT2D eigenvalue weighted by molar-refractivity contribution is -0.0756. The molecular weight excluding hydrogens is 388 g/mol. The van der Waals surface area contributed by atoms with Crippen LogP contribution in [0.4, 0.5) is 15.3 Å². The molecule has 1 aliphatic heterocycles. The molecule has 9 nitrogen and oxygen atoms in total. The van der Waals surface area contributed by atoms with Crippen molar-refractivity contribution < 1.29 is 23.8 Å². The molecule has 1 fully saturated rings. The lowest BCUT2D eigenvalue weighted by Gasteiger charge is -2.35. The van der Waals surface area contributed by atoms with Gasteiger partial charge in [0, 0.05) is 12.2 Å². The summed E-state index contributed by atoms with van der Waals surface area (Å²) < 4.78 is 16.6. The van der Waals surface area contributed by atoms with Crippen LogP contribution >= 0.6 is 0 Å². The summed E-state index contributed by atoms with van der Waals surface area (Å²) in [6.45, 7) is 11.0. The van der Waals surface area contributed by atoms with Crippen LogP contribution in [0.5, 0.6) is 5.75 Å². The molecule has 0 unspecified atom stereocenters. The smallest absolute Gasteiger partial charge is 0.412 e. The molecule has 2 rings (SSSR count). The summed E-state index contributed by atoms with van der Waals surface area (Å²) in [5.74, 6) is 0.537. The van der Waals surface area contributed by atoms with Crippen LogP contribution in [0.3, 0.4) is 0 Å². The lowest BCUT2D eigenvalue weighted by atomic mass is 10.1. The molecule has 0 bridgehead atoms. The number of anilines is 1. The molecular formula is C21H30N4O5. The molecule has 0 spiro atoms. The van der Waals surface area contributed by atoms with Gasteiger partial charge in [-0.1, -0.05) is 0 Å². The summed E-state index contributed by atoms with van der Waals surface area (Å²) in [5, 5.41) is 14.0. The first kappa shape index (κ1) is 23.3. The van der Waals surface area contributed by atoms with Crippen molar-refractivity contribution >= 4 is 17.8 Å². The van der Waals surface area contributed by atoms with Crippen molar-refractivity contribution in [2.75, 3.05) is 18.5 Å². The van der Waals surface area contributed by atoms with Gasteiger partial charge in [-0.3, -0.25) is 4.90 Å². The van der Waals surface area contributed by atoms with E-state index in [1.807, 2.05) is 13.0 Å². The van der Waals surface area contributed by atoms with Crippen LogP contribution < -0.4 is 15.4 Å². The summed E-state index contributed by atoms with van der Waals surface area (Å²) >= 11 is 0. The van der Waals surface area contributed by atoms with Gasteiger partial charge in [0.25, 0.3) is 0 Å². The zero-order valence-corrected chi connectivity index (χ0v) is 18.3. The predicted molar refractivity (Wildman–Crippen MR) is 111 cm³/mol. The minimum absolute atomic E-state index is 0.0423. The number of ether oxygens (including phenoxy) is 3. The molecule has 1 heterocycles. The van der Waals surface area contributed by atoms with E-state index < -0.39 is 23.5 Å². The predicted octanol–water partition coefficient (Wildman–Crippen LogP) is 3.47. The number of amides is 3. The number of carbonyl (C=O) groups is 2. The highest BCUT2D eigenvalue weighted by Gasteiger charge is 2.49. The molecule has 164 valence electrons. The minimum Gasteiger partial charge on any atom is -0.479 e. The minimum atomic E-state index is -0.857. The third kappa shape index (κ3) is 6.26. The average Bonchev–Trinajstić information content (AvgIpc) is 2.85. The fraction of sp³-hybridized carbons (Fsp3) is 0.571. The fourth-order valence-electron chi connectivity index (χ4n) is 3.25. The van der Waals surface area contributed by atoms with Crippen molar-refractivity contribution in [2.45, 2.75) is 65.0 Å². The number of carbonyl (C=O) groups excluding carboxylic acids is 2. The number of hydrogen-bond acceptors (Lipinski definition) is 6. The van der Waals surface area contributed by atoms with Gasteiger partial charge in [0.2, 0.25) is 0 Å². The van der Waals surface area contributed by atoms with E-state index in [-0.39, 0.29) is 25.3 Å². The topological polar surface area (TPSA) is 113 Å². The average molecular weight is 418 g/mol. The van der Waals surface area contributed by atoms with Crippen LogP contribution in [0, 0.1) is 11.3 Å². The summed E-state index contributed by atoms with van der Waals surface area (Å²) in [5.41, 5.74) is -0.932. The Morgan fingerprint density at radius 1 is 1.27 bits per heavy atom. The van der Waals surface area contributed by atoms with Crippen LogP contribution in [0.15, 0.2) is 24.3 Å². The molecule has 1 aliphatic rings. The molecule has 9 heteroatoms. The first-order valence-electron chi connectivity index (χ1n) is 9.78.